The first-order valence-corrected chi connectivity index (χ1v) is 13.4. The number of Topliss-reactive ketones (excluding diaryl/α,β-unsaturated/α-hetero) is 1. The van der Waals surface area contributed by atoms with Gasteiger partial charge >= 0.3 is 0 Å². The third-order valence-electron chi connectivity index (χ3n) is 7.35. The molecule has 37 heavy (non-hydrogen) atoms. The lowest BCUT2D eigenvalue weighted by molar-refractivity contribution is -0.140. The fourth-order valence-corrected chi connectivity index (χ4v) is 5.44. The summed E-state index contributed by atoms with van der Waals surface area (Å²) in [6, 6.07) is 12.2. The van der Waals surface area contributed by atoms with Crippen molar-refractivity contribution in [3.05, 3.63) is 64.7 Å². The minimum Gasteiger partial charge on any atom is -0.507 e. The zero-order valence-electron chi connectivity index (χ0n) is 21.6. The number of fused-ring (bicyclic) bond motifs is 1. The molecule has 2 aromatic rings. The lowest BCUT2D eigenvalue weighted by atomic mass is 9.94. The molecule has 196 valence electrons. The summed E-state index contributed by atoms with van der Waals surface area (Å²) in [5, 5.41) is 11.4. The van der Waals surface area contributed by atoms with Crippen LogP contribution in [0.5, 0.6) is 11.5 Å². The van der Waals surface area contributed by atoms with E-state index in [-0.39, 0.29) is 23.5 Å². The number of ether oxygens (including phenoxy) is 3. The van der Waals surface area contributed by atoms with Crippen LogP contribution in [0, 0.1) is 0 Å². The SMILES string of the molecule is CCCCCOc1ccc([C@H]2C(=C(O)c3ccc4c(c3)C[C@H](C)O4)C(=O)C(=O)N2C[C@@H]2CCCO2)cc1. The second kappa shape index (κ2) is 11.0. The molecule has 2 saturated heterocycles. The van der Waals surface area contributed by atoms with E-state index in [2.05, 4.69) is 6.92 Å². The van der Waals surface area contributed by atoms with E-state index in [9.17, 15) is 14.7 Å². The average Bonchev–Trinajstić information content (AvgIpc) is 3.61. The highest BCUT2D eigenvalue weighted by atomic mass is 16.5. The number of hydrogen-bond acceptors (Lipinski definition) is 6. The first-order chi connectivity index (χ1) is 18.0. The highest BCUT2D eigenvalue weighted by Crippen LogP contribution is 2.41. The number of amides is 1. The highest BCUT2D eigenvalue weighted by molar-refractivity contribution is 6.46. The number of aliphatic hydroxyl groups excluding tert-OH is 1. The van der Waals surface area contributed by atoms with Gasteiger partial charge in [-0.25, -0.2) is 0 Å². The molecule has 1 N–H and O–H groups in total. The van der Waals surface area contributed by atoms with E-state index in [1.54, 1.807) is 11.0 Å². The summed E-state index contributed by atoms with van der Waals surface area (Å²) in [5.41, 5.74) is 2.34. The maximum atomic E-state index is 13.3. The number of nitrogens with zero attached hydrogens (tertiary/aromatic N) is 1. The summed E-state index contributed by atoms with van der Waals surface area (Å²) in [5.74, 6) is 0.0728. The van der Waals surface area contributed by atoms with Crippen LogP contribution in [0.1, 0.15) is 68.7 Å². The van der Waals surface area contributed by atoms with Crippen LogP contribution in [0.4, 0.5) is 0 Å². The van der Waals surface area contributed by atoms with E-state index in [1.807, 2.05) is 43.3 Å². The first kappa shape index (κ1) is 25.3. The number of aliphatic hydroxyl groups is 1. The lowest BCUT2D eigenvalue weighted by Gasteiger charge is -2.27. The Bertz CT molecular complexity index is 1180. The first-order valence-electron chi connectivity index (χ1n) is 13.4. The molecule has 3 aliphatic heterocycles. The van der Waals surface area contributed by atoms with Gasteiger partial charge in [0, 0.05) is 25.1 Å². The van der Waals surface area contributed by atoms with E-state index >= 15 is 0 Å². The van der Waals surface area contributed by atoms with Gasteiger partial charge in [0.2, 0.25) is 0 Å². The number of benzene rings is 2. The van der Waals surface area contributed by atoms with Crippen LogP contribution in [-0.4, -0.2) is 53.7 Å². The summed E-state index contributed by atoms with van der Waals surface area (Å²) in [6.45, 7) is 5.74. The third-order valence-corrected chi connectivity index (χ3v) is 7.35. The predicted molar refractivity (Wildman–Crippen MR) is 140 cm³/mol. The fourth-order valence-electron chi connectivity index (χ4n) is 5.44. The Labute approximate surface area is 218 Å². The van der Waals surface area contributed by atoms with Crippen molar-refractivity contribution in [3.8, 4) is 11.5 Å². The smallest absolute Gasteiger partial charge is 0.295 e. The molecule has 7 heteroatoms. The van der Waals surface area contributed by atoms with Crippen LogP contribution < -0.4 is 9.47 Å². The molecule has 5 rings (SSSR count). The number of ketones is 1. The molecule has 3 aliphatic rings. The van der Waals surface area contributed by atoms with Crippen LogP contribution in [0.2, 0.25) is 0 Å². The van der Waals surface area contributed by atoms with Gasteiger partial charge in [-0.1, -0.05) is 31.9 Å². The molecule has 0 aliphatic carbocycles. The van der Waals surface area contributed by atoms with Crippen LogP contribution in [0.25, 0.3) is 5.76 Å². The van der Waals surface area contributed by atoms with Crippen LogP contribution in [0.3, 0.4) is 0 Å². The number of carbonyl (C=O) groups is 2. The molecule has 3 heterocycles. The highest BCUT2D eigenvalue weighted by Gasteiger charge is 2.47. The van der Waals surface area contributed by atoms with Gasteiger partial charge in [0.25, 0.3) is 11.7 Å². The van der Waals surface area contributed by atoms with Crippen LogP contribution >= 0.6 is 0 Å². The van der Waals surface area contributed by atoms with Gasteiger partial charge in [-0.3, -0.25) is 9.59 Å². The molecule has 7 nitrogen and oxygen atoms in total. The lowest BCUT2D eigenvalue weighted by Crippen LogP contribution is -2.36. The fraction of sp³-hybridized carbons (Fsp3) is 0.467. The Kier molecular flexibility index (Phi) is 7.51. The number of hydrogen-bond donors (Lipinski definition) is 1. The Morgan fingerprint density at radius 2 is 1.95 bits per heavy atom. The minimum atomic E-state index is -0.707. The standard InChI is InChI=1S/C30H35NO6/c1-3-4-5-14-35-23-11-8-20(9-12-23)27-26(29(33)30(34)31(27)18-24-7-6-15-36-24)28(32)21-10-13-25-22(17-21)16-19(2)37-25/h8-13,17,19,24,27,32H,3-7,14-16,18H2,1-2H3/t19-,24-,27-/m0/s1. The molecule has 1 amide bonds. The van der Waals surface area contributed by atoms with Crippen molar-refractivity contribution in [2.75, 3.05) is 19.8 Å². The van der Waals surface area contributed by atoms with Crippen molar-refractivity contribution in [3.63, 3.8) is 0 Å². The summed E-state index contributed by atoms with van der Waals surface area (Å²) >= 11 is 0. The Morgan fingerprint density at radius 3 is 2.68 bits per heavy atom. The molecule has 0 radical (unpaired) electrons. The normalized spacial score (nSPS) is 24.4. The number of likely N-dealkylation sites (tertiary alicyclic amines) is 1. The van der Waals surface area contributed by atoms with Gasteiger partial charge in [-0.05, 0) is 67.6 Å². The molecule has 2 fully saturated rings. The van der Waals surface area contributed by atoms with Crippen molar-refractivity contribution >= 4 is 17.4 Å². The molecule has 3 atom stereocenters. The molecular formula is C30H35NO6. The van der Waals surface area contributed by atoms with Gasteiger partial charge in [0.1, 0.15) is 23.4 Å². The number of rotatable bonds is 9. The second-order valence-corrected chi connectivity index (χ2v) is 10.2. The maximum Gasteiger partial charge on any atom is 0.295 e. The van der Waals surface area contributed by atoms with Crippen molar-refractivity contribution < 1.29 is 28.9 Å². The molecule has 0 spiro atoms. The van der Waals surface area contributed by atoms with Crippen molar-refractivity contribution in [1.82, 2.24) is 4.90 Å². The van der Waals surface area contributed by atoms with Gasteiger partial charge in [-0.2, -0.15) is 0 Å². The minimum absolute atomic E-state index is 0.0621. The Morgan fingerprint density at radius 1 is 1.14 bits per heavy atom. The molecule has 0 saturated carbocycles. The summed E-state index contributed by atoms with van der Waals surface area (Å²) in [4.78, 5) is 28.2. The predicted octanol–water partition coefficient (Wildman–Crippen LogP) is 5.18. The Balaban J connectivity index is 1.49. The zero-order valence-corrected chi connectivity index (χ0v) is 21.6. The second-order valence-electron chi connectivity index (χ2n) is 10.2. The van der Waals surface area contributed by atoms with Gasteiger partial charge in [0.05, 0.1) is 24.3 Å². The molecule has 2 aromatic carbocycles. The number of unbranched alkanes of at least 4 members (excludes halogenated alkanes) is 2. The largest absolute Gasteiger partial charge is 0.507 e. The molecule has 0 bridgehead atoms. The monoisotopic (exact) mass is 505 g/mol. The summed E-state index contributed by atoms with van der Waals surface area (Å²) in [7, 11) is 0. The van der Waals surface area contributed by atoms with E-state index in [0.717, 1.165) is 61.2 Å². The van der Waals surface area contributed by atoms with Crippen molar-refractivity contribution in [1.29, 1.82) is 0 Å². The van der Waals surface area contributed by atoms with E-state index in [0.29, 0.717) is 25.3 Å². The molecule has 0 unspecified atom stereocenters. The van der Waals surface area contributed by atoms with Crippen LogP contribution in [-0.2, 0) is 20.7 Å². The summed E-state index contributed by atoms with van der Waals surface area (Å²) in [6.07, 6.45) is 5.66. The van der Waals surface area contributed by atoms with Gasteiger partial charge < -0.3 is 24.2 Å². The molecule has 0 aromatic heterocycles. The number of carbonyl (C=O) groups excluding carboxylic acids is 2. The van der Waals surface area contributed by atoms with E-state index < -0.39 is 17.7 Å². The van der Waals surface area contributed by atoms with Crippen molar-refractivity contribution in [2.24, 2.45) is 0 Å². The van der Waals surface area contributed by atoms with Gasteiger partial charge in [0.15, 0.2) is 0 Å². The maximum absolute atomic E-state index is 13.3. The van der Waals surface area contributed by atoms with Gasteiger partial charge in [-0.15, -0.1) is 0 Å². The van der Waals surface area contributed by atoms with E-state index in [1.165, 1.54) is 0 Å². The van der Waals surface area contributed by atoms with Crippen LogP contribution in [0.15, 0.2) is 48.0 Å². The molecular weight excluding hydrogens is 470 g/mol. The quantitative estimate of drug-likeness (QED) is 0.219. The Hall–Kier alpha value is -3.32. The average molecular weight is 506 g/mol. The topological polar surface area (TPSA) is 85.3 Å². The van der Waals surface area contributed by atoms with E-state index in [4.69, 9.17) is 14.2 Å². The zero-order chi connectivity index (χ0) is 25.9. The third kappa shape index (κ3) is 5.23. The van der Waals surface area contributed by atoms with Crippen molar-refractivity contribution in [2.45, 2.75) is 70.6 Å². The summed E-state index contributed by atoms with van der Waals surface area (Å²) < 4.78 is 17.4.